The Morgan fingerprint density at radius 2 is 2.37 bits per heavy atom. The molecule has 0 radical (unpaired) electrons. The molecule has 1 amide bonds. The first-order valence-corrected chi connectivity index (χ1v) is 7.72. The van der Waals surface area contributed by atoms with Crippen LogP contribution in [0.1, 0.15) is 38.4 Å². The second kappa shape index (κ2) is 6.50. The maximum absolute atomic E-state index is 12.5. The molecule has 4 nitrogen and oxygen atoms in total. The van der Waals surface area contributed by atoms with Crippen molar-refractivity contribution >= 4 is 17.2 Å². The van der Waals surface area contributed by atoms with Crippen LogP contribution in [0.3, 0.4) is 0 Å². The second-order valence-electron chi connectivity index (χ2n) is 5.02. The van der Waals surface area contributed by atoms with Crippen LogP contribution in [0, 0.1) is 0 Å². The molecule has 2 heterocycles. The predicted molar refractivity (Wildman–Crippen MR) is 77.1 cm³/mol. The Morgan fingerprint density at radius 1 is 1.58 bits per heavy atom. The fourth-order valence-electron chi connectivity index (χ4n) is 2.63. The van der Waals surface area contributed by atoms with Crippen molar-refractivity contribution < 1.29 is 9.53 Å². The predicted octanol–water partition coefficient (Wildman–Crippen LogP) is 2.38. The van der Waals surface area contributed by atoms with Crippen molar-refractivity contribution in [1.82, 2.24) is 10.2 Å². The fraction of sp³-hybridized carbons (Fsp3) is 0.643. The van der Waals surface area contributed by atoms with E-state index >= 15 is 0 Å². The first kappa shape index (κ1) is 14.5. The van der Waals surface area contributed by atoms with Gasteiger partial charge in [-0.05, 0) is 35.7 Å². The van der Waals surface area contributed by atoms with E-state index in [4.69, 9.17) is 4.74 Å². The number of carbonyl (C=O) groups is 1. The van der Waals surface area contributed by atoms with Gasteiger partial charge in [-0.25, -0.2) is 0 Å². The maximum Gasteiger partial charge on any atom is 0.241 e. The van der Waals surface area contributed by atoms with Crippen LogP contribution in [0.2, 0.25) is 0 Å². The Morgan fingerprint density at radius 3 is 2.95 bits per heavy atom. The average molecular weight is 282 g/mol. The summed E-state index contributed by atoms with van der Waals surface area (Å²) in [5.41, 5.74) is 1.17. The van der Waals surface area contributed by atoms with Crippen LogP contribution in [0.5, 0.6) is 0 Å². The number of ether oxygens (including phenoxy) is 1. The van der Waals surface area contributed by atoms with E-state index in [-0.39, 0.29) is 24.2 Å². The SMILES string of the molecule is CCCC1NC(c2ccsc2)N(C(C)COC)C1=O. The first-order chi connectivity index (χ1) is 9.19. The minimum atomic E-state index is -0.0609. The molecule has 0 bridgehead atoms. The highest BCUT2D eigenvalue weighted by molar-refractivity contribution is 7.07. The lowest BCUT2D eigenvalue weighted by molar-refractivity contribution is -0.133. The quantitative estimate of drug-likeness (QED) is 0.871. The van der Waals surface area contributed by atoms with Gasteiger partial charge >= 0.3 is 0 Å². The van der Waals surface area contributed by atoms with Crippen LogP contribution in [-0.4, -0.2) is 36.6 Å². The van der Waals surface area contributed by atoms with Crippen molar-refractivity contribution in [2.75, 3.05) is 13.7 Å². The highest BCUT2D eigenvalue weighted by atomic mass is 32.1. The monoisotopic (exact) mass is 282 g/mol. The normalized spacial score (nSPS) is 25.0. The van der Waals surface area contributed by atoms with Gasteiger partial charge < -0.3 is 9.64 Å². The molecule has 1 N–H and O–H groups in total. The lowest BCUT2D eigenvalue weighted by atomic mass is 10.1. The smallest absolute Gasteiger partial charge is 0.241 e. The fourth-order valence-corrected chi connectivity index (χ4v) is 3.30. The number of amides is 1. The summed E-state index contributed by atoms with van der Waals surface area (Å²) < 4.78 is 5.21. The summed E-state index contributed by atoms with van der Waals surface area (Å²) >= 11 is 1.66. The molecule has 1 aliphatic rings. The third-order valence-electron chi connectivity index (χ3n) is 3.51. The first-order valence-electron chi connectivity index (χ1n) is 6.78. The number of nitrogens with zero attached hydrogens (tertiary/aromatic N) is 1. The molecule has 5 heteroatoms. The van der Waals surface area contributed by atoms with E-state index in [1.807, 2.05) is 17.2 Å². The lowest BCUT2D eigenvalue weighted by Crippen LogP contribution is -2.40. The summed E-state index contributed by atoms with van der Waals surface area (Å²) in [6, 6.07) is 2.10. The molecule has 3 atom stereocenters. The van der Waals surface area contributed by atoms with Gasteiger partial charge in [-0.3, -0.25) is 10.1 Å². The van der Waals surface area contributed by atoms with E-state index in [0.717, 1.165) is 12.8 Å². The van der Waals surface area contributed by atoms with Crippen LogP contribution < -0.4 is 5.32 Å². The molecule has 0 spiro atoms. The number of thiophene rings is 1. The molecule has 1 saturated heterocycles. The molecule has 0 saturated carbocycles. The second-order valence-corrected chi connectivity index (χ2v) is 5.80. The van der Waals surface area contributed by atoms with Gasteiger partial charge in [0.15, 0.2) is 0 Å². The highest BCUT2D eigenvalue weighted by Gasteiger charge is 2.41. The minimum Gasteiger partial charge on any atom is -0.383 e. The highest BCUT2D eigenvalue weighted by Crippen LogP contribution is 2.30. The van der Waals surface area contributed by atoms with Gasteiger partial charge in [0.05, 0.1) is 18.7 Å². The van der Waals surface area contributed by atoms with E-state index in [1.54, 1.807) is 18.4 Å². The van der Waals surface area contributed by atoms with E-state index in [0.29, 0.717) is 6.61 Å². The maximum atomic E-state index is 12.5. The molecule has 0 aromatic carbocycles. The van der Waals surface area contributed by atoms with Crippen LogP contribution in [0.15, 0.2) is 16.8 Å². The van der Waals surface area contributed by atoms with Gasteiger partial charge in [0.2, 0.25) is 5.91 Å². The van der Waals surface area contributed by atoms with Gasteiger partial charge in [-0.1, -0.05) is 13.3 Å². The number of methoxy groups -OCH3 is 1. The zero-order chi connectivity index (χ0) is 13.8. The van der Waals surface area contributed by atoms with Crippen LogP contribution >= 0.6 is 11.3 Å². The van der Waals surface area contributed by atoms with Crippen LogP contribution in [-0.2, 0) is 9.53 Å². The van der Waals surface area contributed by atoms with Gasteiger partial charge in [0.1, 0.15) is 6.17 Å². The zero-order valence-corrected chi connectivity index (χ0v) is 12.6. The topological polar surface area (TPSA) is 41.6 Å². The summed E-state index contributed by atoms with van der Waals surface area (Å²) in [7, 11) is 1.67. The van der Waals surface area contributed by atoms with Crippen molar-refractivity contribution in [3.63, 3.8) is 0 Å². The van der Waals surface area contributed by atoms with Gasteiger partial charge in [0.25, 0.3) is 0 Å². The molecule has 0 aliphatic carbocycles. The molecular weight excluding hydrogens is 260 g/mol. The van der Waals surface area contributed by atoms with Crippen LogP contribution in [0.4, 0.5) is 0 Å². The zero-order valence-electron chi connectivity index (χ0n) is 11.8. The molecular formula is C14H22N2O2S. The van der Waals surface area contributed by atoms with Crippen molar-refractivity contribution in [3.8, 4) is 0 Å². The third kappa shape index (κ3) is 2.99. The Labute approximate surface area is 118 Å². The Balaban J connectivity index is 2.21. The molecule has 2 rings (SSSR count). The van der Waals surface area contributed by atoms with Crippen LogP contribution in [0.25, 0.3) is 0 Å². The van der Waals surface area contributed by atoms with E-state index in [2.05, 4.69) is 23.7 Å². The van der Waals surface area contributed by atoms with E-state index in [9.17, 15) is 4.79 Å². The Kier molecular flexibility index (Phi) is 4.96. The van der Waals surface area contributed by atoms with Gasteiger partial charge in [0, 0.05) is 7.11 Å². The van der Waals surface area contributed by atoms with Crippen molar-refractivity contribution in [2.24, 2.45) is 0 Å². The largest absolute Gasteiger partial charge is 0.383 e. The lowest BCUT2D eigenvalue weighted by Gasteiger charge is -2.29. The number of nitrogens with one attached hydrogen (secondary N) is 1. The van der Waals surface area contributed by atoms with Crippen molar-refractivity contribution in [1.29, 1.82) is 0 Å². The molecule has 1 aromatic rings. The van der Waals surface area contributed by atoms with E-state index in [1.165, 1.54) is 5.56 Å². The summed E-state index contributed by atoms with van der Waals surface area (Å²) in [4.78, 5) is 14.5. The summed E-state index contributed by atoms with van der Waals surface area (Å²) in [6.07, 6.45) is 1.88. The summed E-state index contributed by atoms with van der Waals surface area (Å²) in [6.45, 7) is 4.71. The summed E-state index contributed by atoms with van der Waals surface area (Å²) in [5.74, 6) is 0.197. The van der Waals surface area contributed by atoms with Crippen molar-refractivity contribution in [2.45, 2.75) is 44.9 Å². The molecule has 1 aliphatic heterocycles. The Hall–Kier alpha value is -0.910. The third-order valence-corrected chi connectivity index (χ3v) is 4.21. The minimum absolute atomic E-state index is 0.0135. The number of carbonyl (C=O) groups excluding carboxylic acids is 1. The Bertz CT molecular complexity index is 408. The van der Waals surface area contributed by atoms with E-state index < -0.39 is 0 Å². The van der Waals surface area contributed by atoms with Gasteiger partial charge in [-0.15, -0.1) is 0 Å². The number of hydrogen-bond donors (Lipinski definition) is 1. The number of rotatable bonds is 6. The standard InChI is InChI=1S/C14H22N2O2S/c1-4-5-12-14(17)16(10(2)8-18-3)13(15-12)11-6-7-19-9-11/h6-7,9-10,12-13,15H,4-5,8H2,1-3H3. The molecule has 3 unspecified atom stereocenters. The molecule has 106 valence electrons. The molecule has 1 aromatic heterocycles. The average Bonchev–Trinajstić information content (AvgIpc) is 2.99. The number of hydrogen-bond acceptors (Lipinski definition) is 4. The van der Waals surface area contributed by atoms with Gasteiger partial charge in [-0.2, -0.15) is 11.3 Å². The molecule has 19 heavy (non-hydrogen) atoms. The summed E-state index contributed by atoms with van der Waals surface area (Å²) in [5, 5.41) is 7.61. The molecule has 1 fully saturated rings. The van der Waals surface area contributed by atoms with Crippen molar-refractivity contribution in [3.05, 3.63) is 22.4 Å².